The van der Waals surface area contributed by atoms with Crippen LogP contribution in [-0.4, -0.2) is 43.3 Å². The summed E-state index contributed by atoms with van der Waals surface area (Å²) in [5, 5.41) is 17.1. The SMILES string of the molecule is COC(=O)Cc1ccc(-c2ccc(F)cc2)cc1.COC(=O)Cc1ccc(Br)cc1.OB(O)c1ccc(F)cc1. The van der Waals surface area contributed by atoms with Crippen molar-refractivity contribution in [3.63, 3.8) is 0 Å². The molecule has 0 aliphatic rings. The van der Waals surface area contributed by atoms with Gasteiger partial charge >= 0.3 is 19.1 Å². The van der Waals surface area contributed by atoms with E-state index in [-0.39, 0.29) is 30.0 Å². The van der Waals surface area contributed by atoms with Crippen LogP contribution in [0.3, 0.4) is 0 Å². The Bertz CT molecular complexity index is 1330. The molecule has 10 heteroatoms. The summed E-state index contributed by atoms with van der Waals surface area (Å²) < 4.78 is 35.1. The van der Waals surface area contributed by atoms with Crippen LogP contribution < -0.4 is 5.46 Å². The van der Waals surface area contributed by atoms with Gasteiger partial charge in [0.1, 0.15) is 11.6 Å². The summed E-state index contributed by atoms with van der Waals surface area (Å²) in [5.41, 5.74) is 4.09. The number of carbonyl (C=O) groups excluding carboxylic acids is 2. The molecule has 0 atom stereocenters. The van der Waals surface area contributed by atoms with E-state index in [9.17, 15) is 18.4 Å². The molecule has 4 rings (SSSR count). The molecule has 4 aromatic carbocycles. The van der Waals surface area contributed by atoms with Gasteiger partial charge < -0.3 is 19.5 Å². The maximum Gasteiger partial charge on any atom is 0.488 e. The molecular formula is C30H28BBrF2O6. The minimum Gasteiger partial charge on any atom is -0.469 e. The highest BCUT2D eigenvalue weighted by Gasteiger charge is 2.09. The van der Waals surface area contributed by atoms with E-state index in [0.717, 1.165) is 26.7 Å². The highest BCUT2D eigenvalue weighted by atomic mass is 79.9. The summed E-state index contributed by atoms with van der Waals surface area (Å²) in [7, 11) is 1.25. The fourth-order valence-corrected chi connectivity index (χ4v) is 3.44. The van der Waals surface area contributed by atoms with Crippen LogP contribution in [0.2, 0.25) is 0 Å². The van der Waals surface area contributed by atoms with Gasteiger partial charge in [-0.05, 0) is 64.1 Å². The normalized spacial score (nSPS) is 9.78. The Morgan fingerprint density at radius 2 is 1.00 bits per heavy atom. The molecule has 0 saturated heterocycles. The molecule has 0 amide bonds. The van der Waals surface area contributed by atoms with Gasteiger partial charge in [-0.2, -0.15) is 0 Å². The van der Waals surface area contributed by atoms with E-state index in [4.69, 9.17) is 10.0 Å². The standard InChI is InChI=1S/C15H13FO2.C9H9BrO2.C6H6BFO2/c1-18-15(17)10-11-2-4-12(5-3-11)13-6-8-14(16)9-7-13;1-12-9(11)6-7-2-4-8(10)5-3-7;8-6-3-1-5(2-4-6)7(9)10/h2-9H,10H2,1H3;2-5H,6H2,1H3;1-4,9-10H. The van der Waals surface area contributed by atoms with Crippen molar-refractivity contribution < 1.29 is 37.9 Å². The largest absolute Gasteiger partial charge is 0.488 e. The maximum absolute atomic E-state index is 12.8. The van der Waals surface area contributed by atoms with E-state index in [1.54, 1.807) is 12.1 Å². The van der Waals surface area contributed by atoms with Crippen LogP contribution in [0.25, 0.3) is 11.1 Å². The fourth-order valence-electron chi connectivity index (χ4n) is 3.17. The molecule has 208 valence electrons. The summed E-state index contributed by atoms with van der Waals surface area (Å²) in [6.45, 7) is 0. The fraction of sp³-hybridized carbons (Fsp3) is 0.133. The Balaban J connectivity index is 0.000000222. The molecule has 0 aromatic heterocycles. The topological polar surface area (TPSA) is 93.1 Å². The van der Waals surface area contributed by atoms with Crippen LogP contribution in [0.5, 0.6) is 0 Å². The minimum atomic E-state index is -1.51. The highest BCUT2D eigenvalue weighted by Crippen LogP contribution is 2.20. The third-order valence-corrected chi connectivity index (χ3v) is 5.89. The van der Waals surface area contributed by atoms with Crippen LogP contribution in [-0.2, 0) is 31.9 Å². The molecule has 0 radical (unpaired) electrons. The summed E-state index contributed by atoms with van der Waals surface area (Å²) in [6, 6.07) is 26.4. The van der Waals surface area contributed by atoms with Gasteiger partial charge in [-0.1, -0.05) is 76.6 Å². The first kappa shape index (κ1) is 32.4. The lowest BCUT2D eigenvalue weighted by atomic mass is 9.80. The number of hydrogen-bond donors (Lipinski definition) is 2. The van der Waals surface area contributed by atoms with E-state index in [1.165, 1.54) is 50.6 Å². The predicted molar refractivity (Wildman–Crippen MR) is 154 cm³/mol. The second-order valence-corrected chi connectivity index (χ2v) is 9.18. The Kier molecular flexibility index (Phi) is 13.7. The van der Waals surface area contributed by atoms with Crippen LogP contribution in [0.15, 0.2) is 102 Å². The van der Waals surface area contributed by atoms with E-state index < -0.39 is 7.12 Å². The molecule has 0 unspecified atom stereocenters. The van der Waals surface area contributed by atoms with Gasteiger partial charge in [-0.3, -0.25) is 9.59 Å². The smallest absolute Gasteiger partial charge is 0.469 e. The molecule has 0 saturated carbocycles. The Morgan fingerprint density at radius 3 is 1.38 bits per heavy atom. The predicted octanol–water partition coefficient (Wildman–Crippen LogP) is 4.88. The molecule has 6 nitrogen and oxygen atoms in total. The average Bonchev–Trinajstić information content (AvgIpc) is 2.96. The number of hydrogen-bond acceptors (Lipinski definition) is 6. The second kappa shape index (κ2) is 17.0. The van der Waals surface area contributed by atoms with Crippen LogP contribution >= 0.6 is 15.9 Å². The van der Waals surface area contributed by atoms with Crippen molar-refractivity contribution in [3.05, 3.63) is 124 Å². The van der Waals surface area contributed by atoms with Gasteiger partial charge in [-0.25, -0.2) is 8.78 Å². The van der Waals surface area contributed by atoms with E-state index in [0.29, 0.717) is 11.9 Å². The van der Waals surface area contributed by atoms with Crippen molar-refractivity contribution in [3.8, 4) is 11.1 Å². The third-order valence-electron chi connectivity index (χ3n) is 5.37. The van der Waals surface area contributed by atoms with Crippen molar-refractivity contribution in [2.24, 2.45) is 0 Å². The van der Waals surface area contributed by atoms with E-state index in [2.05, 4.69) is 25.4 Å². The van der Waals surface area contributed by atoms with Crippen molar-refractivity contribution in [2.45, 2.75) is 12.8 Å². The van der Waals surface area contributed by atoms with E-state index in [1.807, 2.05) is 48.5 Å². The van der Waals surface area contributed by atoms with Gasteiger partial charge in [0.25, 0.3) is 0 Å². The van der Waals surface area contributed by atoms with Crippen molar-refractivity contribution in [1.82, 2.24) is 0 Å². The van der Waals surface area contributed by atoms with Gasteiger partial charge in [0.15, 0.2) is 0 Å². The zero-order valence-corrected chi connectivity index (χ0v) is 23.5. The lowest BCUT2D eigenvalue weighted by Crippen LogP contribution is -2.29. The molecule has 2 N–H and O–H groups in total. The molecule has 0 bridgehead atoms. The Labute approximate surface area is 240 Å². The zero-order chi connectivity index (χ0) is 29.5. The van der Waals surface area contributed by atoms with Gasteiger partial charge in [-0.15, -0.1) is 0 Å². The van der Waals surface area contributed by atoms with Gasteiger partial charge in [0, 0.05) is 4.47 Å². The number of halogens is 3. The number of carbonyl (C=O) groups is 2. The molecule has 0 heterocycles. The summed E-state index contributed by atoms with van der Waals surface area (Å²) in [6.07, 6.45) is 0.601. The summed E-state index contributed by atoms with van der Waals surface area (Å²) in [5.74, 6) is -1.10. The van der Waals surface area contributed by atoms with Gasteiger partial charge in [0.05, 0.1) is 27.1 Å². The highest BCUT2D eigenvalue weighted by molar-refractivity contribution is 9.10. The third kappa shape index (κ3) is 11.9. The minimum absolute atomic E-state index is 0.211. The number of methoxy groups -OCH3 is 2. The van der Waals surface area contributed by atoms with Crippen LogP contribution in [0.4, 0.5) is 8.78 Å². The maximum atomic E-state index is 12.8. The number of rotatable bonds is 6. The number of ether oxygens (including phenoxy) is 2. The first-order valence-corrected chi connectivity index (χ1v) is 12.7. The molecule has 0 spiro atoms. The quantitative estimate of drug-likeness (QED) is 0.238. The van der Waals surface area contributed by atoms with E-state index >= 15 is 0 Å². The molecule has 40 heavy (non-hydrogen) atoms. The van der Waals surface area contributed by atoms with Crippen molar-refractivity contribution in [2.75, 3.05) is 14.2 Å². The number of esters is 2. The Morgan fingerprint density at radius 1 is 0.650 bits per heavy atom. The first-order chi connectivity index (χ1) is 19.1. The zero-order valence-electron chi connectivity index (χ0n) is 21.9. The average molecular weight is 613 g/mol. The van der Waals surface area contributed by atoms with Crippen molar-refractivity contribution >= 4 is 40.4 Å². The molecule has 0 fully saturated rings. The molecule has 0 aliphatic heterocycles. The molecule has 0 aliphatic carbocycles. The summed E-state index contributed by atoms with van der Waals surface area (Å²) >= 11 is 3.31. The lowest BCUT2D eigenvalue weighted by molar-refractivity contribution is -0.140. The molecular weight excluding hydrogens is 585 g/mol. The monoisotopic (exact) mass is 612 g/mol. The van der Waals surface area contributed by atoms with Crippen LogP contribution in [0, 0.1) is 11.6 Å². The Hall–Kier alpha value is -3.86. The van der Waals surface area contributed by atoms with Crippen LogP contribution in [0.1, 0.15) is 11.1 Å². The van der Waals surface area contributed by atoms with Crippen molar-refractivity contribution in [1.29, 1.82) is 0 Å². The first-order valence-electron chi connectivity index (χ1n) is 12.0. The number of benzene rings is 4. The second-order valence-electron chi connectivity index (χ2n) is 8.26. The lowest BCUT2D eigenvalue weighted by Gasteiger charge is -2.04. The molecule has 4 aromatic rings. The summed E-state index contributed by atoms with van der Waals surface area (Å²) in [4.78, 5) is 21.9. The van der Waals surface area contributed by atoms with Gasteiger partial charge in [0.2, 0.25) is 0 Å².